The van der Waals surface area contributed by atoms with E-state index in [9.17, 15) is 9.59 Å². The Morgan fingerprint density at radius 1 is 1.15 bits per heavy atom. The molecule has 0 fully saturated rings. The average molecular weight is 353 g/mol. The van der Waals surface area contributed by atoms with Gasteiger partial charge in [-0.25, -0.2) is 4.79 Å². The summed E-state index contributed by atoms with van der Waals surface area (Å²) in [7, 11) is 0. The van der Waals surface area contributed by atoms with Gasteiger partial charge in [0.2, 0.25) is 0 Å². The summed E-state index contributed by atoms with van der Waals surface area (Å²) >= 11 is 0. The average Bonchev–Trinajstić information content (AvgIpc) is 2.61. The summed E-state index contributed by atoms with van der Waals surface area (Å²) in [6, 6.07) is 14.5. The molecule has 0 aliphatic carbocycles. The monoisotopic (exact) mass is 353 g/mol. The molecule has 0 bridgehead atoms. The predicted molar refractivity (Wildman–Crippen MR) is 101 cm³/mol. The smallest absolute Gasteiger partial charge is 0.330 e. The van der Waals surface area contributed by atoms with E-state index in [1.54, 1.807) is 43.3 Å². The Bertz CT molecular complexity index is 798. The summed E-state index contributed by atoms with van der Waals surface area (Å²) in [4.78, 5) is 23.7. The number of nitrogens with one attached hydrogen (secondary N) is 1. The number of esters is 1. The highest BCUT2D eigenvalue weighted by Gasteiger charge is 2.09. The summed E-state index contributed by atoms with van der Waals surface area (Å²) < 4.78 is 10.6. The van der Waals surface area contributed by atoms with Crippen molar-refractivity contribution in [3.63, 3.8) is 0 Å². The van der Waals surface area contributed by atoms with Crippen molar-refractivity contribution in [1.29, 1.82) is 0 Å². The van der Waals surface area contributed by atoms with Crippen LogP contribution in [0.4, 0.5) is 5.69 Å². The minimum Gasteiger partial charge on any atom is -0.487 e. The molecule has 1 atom stereocenters. The molecule has 0 heterocycles. The molecule has 0 aliphatic rings. The first-order chi connectivity index (χ1) is 12.5. The summed E-state index contributed by atoms with van der Waals surface area (Å²) in [6.07, 6.45) is 2.65. The molecule has 2 aromatic rings. The van der Waals surface area contributed by atoms with Gasteiger partial charge in [-0.3, -0.25) is 4.79 Å². The van der Waals surface area contributed by atoms with Gasteiger partial charge in [0.25, 0.3) is 5.91 Å². The minimum absolute atomic E-state index is 0.171. The minimum atomic E-state index is -0.401. The van der Waals surface area contributed by atoms with Crippen LogP contribution in [0.1, 0.15) is 29.8 Å². The van der Waals surface area contributed by atoms with Crippen molar-refractivity contribution < 1.29 is 19.1 Å². The Kier molecular flexibility index (Phi) is 6.97. The van der Waals surface area contributed by atoms with Crippen LogP contribution in [0.25, 0.3) is 0 Å². The van der Waals surface area contributed by atoms with Gasteiger partial charge in [0.05, 0.1) is 6.61 Å². The second-order valence-electron chi connectivity index (χ2n) is 5.73. The third-order valence-electron chi connectivity index (χ3n) is 3.59. The fourth-order valence-corrected chi connectivity index (χ4v) is 2.33. The zero-order chi connectivity index (χ0) is 18.9. The van der Waals surface area contributed by atoms with Gasteiger partial charge in [-0.15, -0.1) is 0 Å². The molecule has 0 aromatic heterocycles. The van der Waals surface area contributed by atoms with Gasteiger partial charge in [0, 0.05) is 23.4 Å². The van der Waals surface area contributed by atoms with Gasteiger partial charge < -0.3 is 14.8 Å². The van der Waals surface area contributed by atoms with Gasteiger partial charge in [0.15, 0.2) is 0 Å². The number of ether oxygens (including phenoxy) is 2. The number of rotatable bonds is 7. The first-order valence-electron chi connectivity index (χ1n) is 8.48. The summed E-state index contributed by atoms with van der Waals surface area (Å²) in [6.45, 7) is 5.80. The van der Waals surface area contributed by atoms with Crippen LogP contribution in [0.15, 0.2) is 60.7 Å². The molecule has 5 heteroatoms. The highest BCUT2D eigenvalue weighted by molar-refractivity contribution is 6.05. The Morgan fingerprint density at radius 2 is 1.92 bits per heavy atom. The number of hydrogen-bond acceptors (Lipinski definition) is 4. The van der Waals surface area contributed by atoms with Crippen LogP contribution in [-0.4, -0.2) is 24.6 Å². The van der Waals surface area contributed by atoms with Gasteiger partial charge in [0.1, 0.15) is 11.9 Å². The summed E-state index contributed by atoms with van der Waals surface area (Å²) in [5.41, 5.74) is 2.18. The van der Waals surface area contributed by atoms with Crippen LogP contribution in [-0.2, 0) is 9.53 Å². The second kappa shape index (κ2) is 9.42. The number of amides is 1. The van der Waals surface area contributed by atoms with Crippen LogP contribution in [0.2, 0.25) is 0 Å². The van der Waals surface area contributed by atoms with Crippen LogP contribution < -0.4 is 10.1 Å². The number of benzene rings is 2. The SMILES string of the molecule is CCOC(=O)C=CC(C)Oc1cccc(NC(=O)c2ccccc2C)c1. The van der Waals surface area contributed by atoms with Gasteiger partial charge in [-0.2, -0.15) is 0 Å². The summed E-state index contributed by atoms with van der Waals surface area (Å²) in [5, 5.41) is 2.87. The number of hydrogen-bond donors (Lipinski definition) is 1. The zero-order valence-electron chi connectivity index (χ0n) is 15.2. The molecule has 0 aliphatic heterocycles. The number of anilines is 1. The van der Waals surface area contributed by atoms with Crippen LogP contribution in [0, 0.1) is 6.92 Å². The van der Waals surface area contributed by atoms with Crippen LogP contribution >= 0.6 is 0 Å². The van der Waals surface area contributed by atoms with E-state index in [1.165, 1.54) is 6.08 Å². The fraction of sp³-hybridized carbons (Fsp3) is 0.238. The van der Waals surface area contributed by atoms with E-state index >= 15 is 0 Å². The van der Waals surface area contributed by atoms with Gasteiger partial charge >= 0.3 is 5.97 Å². The molecule has 1 N–H and O–H groups in total. The Labute approximate surface area is 153 Å². The van der Waals surface area contributed by atoms with E-state index in [-0.39, 0.29) is 12.0 Å². The Balaban J connectivity index is 2.00. The summed E-state index contributed by atoms with van der Waals surface area (Å²) in [5.74, 6) is 0.0197. The Hall–Kier alpha value is -3.08. The molecule has 2 rings (SSSR count). The molecule has 0 saturated heterocycles. The van der Waals surface area contributed by atoms with Gasteiger partial charge in [-0.05, 0) is 50.6 Å². The van der Waals surface area contributed by atoms with Crippen molar-refractivity contribution in [2.75, 3.05) is 11.9 Å². The molecule has 0 radical (unpaired) electrons. The highest BCUT2D eigenvalue weighted by Crippen LogP contribution is 2.20. The number of aryl methyl sites for hydroxylation is 1. The maximum atomic E-state index is 12.4. The third kappa shape index (κ3) is 5.77. The topological polar surface area (TPSA) is 64.6 Å². The maximum Gasteiger partial charge on any atom is 0.330 e. The van der Waals surface area contributed by atoms with E-state index < -0.39 is 5.97 Å². The second-order valence-corrected chi connectivity index (χ2v) is 5.73. The molecule has 5 nitrogen and oxygen atoms in total. The number of carbonyl (C=O) groups excluding carboxylic acids is 2. The first kappa shape index (κ1) is 19.2. The largest absolute Gasteiger partial charge is 0.487 e. The fourth-order valence-electron chi connectivity index (χ4n) is 2.33. The van der Waals surface area contributed by atoms with Crippen molar-refractivity contribution in [2.45, 2.75) is 26.9 Å². The number of carbonyl (C=O) groups is 2. The lowest BCUT2D eigenvalue weighted by Crippen LogP contribution is -2.14. The molecular formula is C21H23NO4. The van der Waals surface area contributed by atoms with Crippen molar-refractivity contribution >= 4 is 17.6 Å². The normalized spacial score (nSPS) is 11.8. The molecule has 1 amide bonds. The molecule has 26 heavy (non-hydrogen) atoms. The van der Waals surface area contributed by atoms with Crippen LogP contribution in [0.5, 0.6) is 5.75 Å². The van der Waals surface area contributed by atoms with E-state index in [4.69, 9.17) is 9.47 Å². The lowest BCUT2D eigenvalue weighted by atomic mass is 10.1. The molecule has 2 aromatic carbocycles. The zero-order valence-corrected chi connectivity index (χ0v) is 15.2. The quantitative estimate of drug-likeness (QED) is 0.600. The highest BCUT2D eigenvalue weighted by atomic mass is 16.5. The van der Waals surface area contributed by atoms with Crippen molar-refractivity contribution in [2.24, 2.45) is 0 Å². The first-order valence-corrected chi connectivity index (χ1v) is 8.48. The van der Waals surface area contributed by atoms with Gasteiger partial charge in [-0.1, -0.05) is 24.3 Å². The van der Waals surface area contributed by atoms with Crippen molar-refractivity contribution in [3.05, 3.63) is 71.8 Å². The van der Waals surface area contributed by atoms with Crippen molar-refractivity contribution in [1.82, 2.24) is 0 Å². The van der Waals surface area contributed by atoms with E-state index in [1.807, 2.05) is 32.0 Å². The third-order valence-corrected chi connectivity index (χ3v) is 3.59. The Morgan fingerprint density at radius 3 is 2.65 bits per heavy atom. The maximum absolute atomic E-state index is 12.4. The lowest BCUT2D eigenvalue weighted by molar-refractivity contribution is -0.137. The van der Waals surface area contributed by atoms with E-state index in [0.717, 1.165) is 5.56 Å². The predicted octanol–water partition coefficient (Wildman–Crippen LogP) is 4.13. The van der Waals surface area contributed by atoms with Crippen molar-refractivity contribution in [3.8, 4) is 5.75 Å². The van der Waals surface area contributed by atoms with E-state index in [0.29, 0.717) is 23.6 Å². The lowest BCUT2D eigenvalue weighted by Gasteiger charge is -2.13. The molecule has 0 saturated carbocycles. The molecule has 1 unspecified atom stereocenters. The molecular weight excluding hydrogens is 330 g/mol. The van der Waals surface area contributed by atoms with E-state index in [2.05, 4.69) is 5.32 Å². The molecule has 0 spiro atoms. The molecule has 136 valence electrons. The standard InChI is InChI=1S/C21H23NO4/c1-4-25-20(23)13-12-16(3)26-18-10-7-9-17(14-18)22-21(24)19-11-6-5-8-15(19)2/h5-14,16H,4H2,1-3H3,(H,22,24). The van der Waals surface area contributed by atoms with Crippen LogP contribution in [0.3, 0.4) is 0 Å².